The van der Waals surface area contributed by atoms with Crippen molar-refractivity contribution in [3.05, 3.63) is 69.1 Å². The number of halogens is 6. The molecule has 12 heteroatoms. The van der Waals surface area contributed by atoms with Crippen molar-refractivity contribution in [3.8, 4) is 22.8 Å². The van der Waals surface area contributed by atoms with E-state index in [1.165, 1.54) is 42.5 Å². The molecule has 2 aromatic carbocycles. The van der Waals surface area contributed by atoms with Gasteiger partial charge in [0.2, 0.25) is 5.91 Å². The second-order valence-corrected chi connectivity index (χ2v) is 8.82. The number of rotatable bonds is 6. The summed E-state index contributed by atoms with van der Waals surface area (Å²) in [6.07, 6.45) is -4.73. The molecule has 1 amide bonds. The topological polar surface area (TPSA) is 87.7 Å². The van der Waals surface area contributed by atoms with Crippen LogP contribution < -0.4 is 11.0 Å². The van der Waals surface area contributed by atoms with E-state index in [0.29, 0.717) is 11.1 Å². The molecule has 0 aliphatic carbocycles. The molecule has 0 aliphatic heterocycles. The first kappa shape index (κ1) is 26.3. The van der Waals surface area contributed by atoms with Crippen LogP contribution in [-0.2, 0) is 17.3 Å². The van der Waals surface area contributed by atoms with Crippen molar-refractivity contribution in [1.82, 2.24) is 20.3 Å². The maximum atomic E-state index is 13.5. The molecule has 3 rings (SSSR count). The molecule has 0 saturated carbocycles. The van der Waals surface area contributed by atoms with E-state index < -0.39 is 29.1 Å². The highest BCUT2D eigenvalue weighted by Gasteiger charge is 2.52. The quantitative estimate of drug-likeness (QED) is 0.427. The largest absolute Gasteiger partial charge is 0.402 e. The maximum Gasteiger partial charge on any atom is 0.402 e. The van der Waals surface area contributed by atoms with Gasteiger partial charge >= 0.3 is 11.9 Å². The highest BCUT2D eigenvalue weighted by atomic mass is 35.5. The number of nitrogens with zero attached hydrogens (tertiary/aromatic N) is 2. The van der Waals surface area contributed by atoms with Crippen molar-refractivity contribution in [3.63, 3.8) is 0 Å². The summed E-state index contributed by atoms with van der Waals surface area (Å²) in [5, 5.41) is 2.41. The minimum absolute atomic E-state index is 0.00121. The van der Waals surface area contributed by atoms with Crippen molar-refractivity contribution in [1.29, 1.82) is 0 Å². The number of aromatic nitrogens is 3. The fraction of sp³-hybridized carbons (Fsp3) is 0.304. The zero-order valence-corrected chi connectivity index (χ0v) is 19.5. The van der Waals surface area contributed by atoms with Gasteiger partial charge in [0.15, 0.2) is 5.82 Å². The molecule has 0 bridgehead atoms. The second kappa shape index (κ2) is 9.37. The Hall–Kier alpha value is -3.34. The Bertz CT molecular complexity index is 1300. The SMILES string of the molecule is CC(F)(F)c1ccc(-c2nc(-c3cc(CNC(=O)C(C)(C)C(F)(F)F)ccc3Cl)[nH]c(=O)n2)cc1. The summed E-state index contributed by atoms with van der Waals surface area (Å²) in [5.74, 6) is -4.30. The number of carbonyl (C=O) groups excluding carboxylic acids is 1. The van der Waals surface area contributed by atoms with Crippen LogP contribution in [0.2, 0.25) is 5.02 Å². The summed E-state index contributed by atoms with van der Waals surface area (Å²) in [6.45, 7) is 2.07. The molecule has 3 aromatic rings. The van der Waals surface area contributed by atoms with E-state index in [-0.39, 0.29) is 34.3 Å². The van der Waals surface area contributed by atoms with Gasteiger partial charge in [0, 0.05) is 30.2 Å². The van der Waals surface area contributed by atoms with Gasteiger partial charge in [-0.3, -0.25) is 9.78 Å². The molecule has 186 valence electrons. The van der Waals surface area contributed by atoms with Crippen LogP contribution in [0.5, 0.6) is 0 Å². The number of carbonyl (C=O) groups is 1. The van der Waals surface area contributed by atoms with E-state index in [1.807, 2.05) is 0 Å². The van der Waals surface area contributed by atoms with Gasteiger partial charge in [0.05, 0.1) is 5.02 Å². The van der Waals surface area contributed by atoms with E-state index in [4.69, 9.17) is 11.6 Å². The van der Waals surface area contributed by atoms with Crippen molar-refractivity contribution >= 4 is 17.5 Å². The summed E-state index contributed by atoms with van der Waals surface area (Å²) in [7, 11) is 0. The summed E-state index contributed by atoms with van der Waals surface area (Å²) in [6, 6.07) is 9.47. The maximum absolute atomic E-state index is 13.5. The molecule has 0 atom stereocenters. The number of hydrogen-bond acceptors (Lipinski definition) is 4. The fourth-order valence-electron chi connectivity index (χ4n) is 2.95. The van der Waals surface area contributed by atoms with E-state index in [1.54, 1.807) is 0 Å². The van der Waals surface area contributed by atoms with Crippen molar-refractivity contribution < 1.29 is 26.7 Å². The first-order valence-corrected chi connectivity index (χ1v) is 10.6. The zero-order valence-electron chi connectivity index (χ0n) is 18.7. The van der Waals surface area contributed by atoms with Crippen LogP contribution in [0.15, 0.2) is 47.3 Å². The molecule has 0 saturated heterocycles. The molecule has 0 fully saturated rings. The van der Waals surface area contributed by atoms with Crippen molar-refractivity contribution in [2.24, 2.45) is 5.41 Å². The average Bonchev–Trinajstić information content (AvgIpc) is 2.76. The second-order valence-electron chi connectivity index (χ2n) is 8.41. The Morgan fingerprint density at radius 2 is 1.63 bits per heavy atom. The summed E-state index contributed by atoms with van der Waals surface area (Å²) >= 11 is 6.25. The smallest absolute Gasteiger partial charge is 0.351 e. The van der Waals surface area contributed by atoms with Crippen LogP contribution in [0.4, 0.5) is 22.0 Å². The number of benzene rings is 2. The molecule has 0 radical (unpaired) electrons. The Balaban J connectivity index is 1.91. The number of aromatic amines is 1. The third kappa shape index (κ3) is 5.84. The average molecular weight is 515 g/mol. The van der Waals surface area contributed by atoms with Crippen LogP contribution in [0.25, 0.3) is 22.8 Å². The van der Waals surface area contributed by atoms with Crippen LogP contribution in [0.1, 0.15) is 31.9 Å². The number of hydrogen-bond donors (Lipinski definition) is 2. The molecular weight excluding hydrogens is 495 g/mol. The Kier molecular flexibility index (Phi) is 7.03. The van der Waals surface area contributed by atoms with Crippen molar-refractivity contribution in [2.75, 3.05) is 0 Å². The standard InChI is InChI=1S/C23H20ClF5N4O2/c1-21(2,23(27,28)29)19(34)30-11-12-4-9-16(24)15(10-12)18-31-17(32-20(35)33-18)13-5-7-14(8-6-13)22(3,25)26/h4-10H,11H2,1-3H3,(H,30,34)(H,31,32,33,35). The van der Waals surface area contributed by atoms with Crippen molar-refractivity contribution in [2.45, 2.75) is 39.4 Å². The molecule has 1 aromatic heterocycles. The first-order chi connectivity index (χ1) is 16.1. The Morgan fingerprint density at radius 1 is 1.00 bits per heavy atom. The molecule has 6 nitrogen and oxygen atoms in total. The van der Waals surface area contributed by atoms with Gasteiger partial charge in [-0.15, -0.1) is 0 Å². The summed E-state index contributed by atoms with van der Waals surface area (Å²) < 4.78 is 66.2. The van der Waals surface area contributed by atoms with E-state index in [0.717, 1.165) is 20.8 Å². The number of alkyl halides is 5. The first-order valence-electron chi connectivity index (χ1n) is 10.2. The molecule has 1 heterocycles. The third-order valence-corrected chi connectivity index (χ3v) is 5.65. The molecule has 35 heavy (non-hydrogen) atoms. The van der Waals surface area contributed by atoms with Gasteiger partial charge in [0.1, 0.15) is 11.2 Å². The predicted octanol–water partition coefficient (Wildman–Crippen LogP) is 5.47. The van der Waals surface area contributed by atoms with Gasteiger partial charge in [-0.2, -0.15) is 18.2 Å². The lowest BCUT2D eigenvalue weighted by atomic mass is 9.91. The minimum Gasteiger partial charge on any atom is -0.351 e. The lowest BCUT2D eigenvalue weighted by molar-refractivity contribution is -0.211. The van der Waals surface area contributed by atoms with Gasteiger partial charge in [-0.25, -0.2) is 18.6 Å². The monoisotopic (exact) mass is 514 g/mol. The van der Waals surface area contributed by atoms with E-state index in [9.17, 15) is 31.5 Å². The Labute approximate surface area is 201 Å². The van der Waals surface area contributed by atoms with Gasteiger partial charge in [-0.1, -0.05) is 41.9 Å². The fourth-order valence-corrected chi connectivity index (χ4v) is 3.16. The summed E-state index contributed by atoms with van der Waals surface area (Å²) in [5.41, 5.74) is -2.67. The zero-order chi connectivity index (χ0) is 26.2. The van der Waals surface area contributed by atoms with Gasteiger partial charge in [-0.05, 0) is 31.5 Å². The lowest BCUT2D eigenvalue weighted by Gasteiger charge is -2.26. The van der Waals surface area contributed by atoms with E-state index in [2.05, 4.69) is 20.3 Å². The van der Waals surface area contributed by atoms with E-state index >= 15 is 0 Å². The molecule has 2 N–H and O–H groups in total. The molecular formula is C23H20ClF5N4O2. The Morgan fingerprint density at radius 3 is 2.20 bits per heavy atom. The minimum atomic E-state index is -4.73. The third-order valence-electron chi connectivity index (χ3n) is 5.32. The normalized spacial score (nSPS) is 12.5. The number of amides is 1. The van der Waals surface area contributed by atoms with Gasteiger partial charge < -0.3 is 5.32 Å². The summed E-state index contributed by atoms with van der Waals surface area (Å²) in [4.78, 5) is 34.7. The molecule has 0 unspecified atom stereocenters. The highest BCUT2D eigenvalue weighted by Crippen LogP contribution is 2.37. The lowest BCUT2D eigenvalue weighted by Crippen LogP contribution is -2.46. The van der Waals surface area contributed by atoms with Crippen LogP contribution in [0.3, 0.4) is 0 Å². The van der Waals surface area contributed by atoms with Crippen LogP contribution in [0, 0.1) is 5.41 Å². The highest BCUT2D eigenvalue weighted by molar-refractivity contribution is 6.33. The van der Waals surface area contributed by atoms with Crippen LogP contribution >= 0.6 is 11.6 Å². The van der Waals surface area contributed by atoms with Crippen LogP contribution in [-0.4, -0.2) is 27.0 Å². The number of H-pyrrole nitrogens is 1. The number of nitrogens with one attached hydrogen (secondary N) is 2. The molecule has 0 aliphatic rings. The molecule has 0 spiro atoms. The predicted molar refractivity (Wildman–Crippen MR) is 120 cm³/mol. The van der Waals surface area contributed by atoms with Gasteiger partial charge in [0.25, 0.3) is 5.92 Å².